The zero-order valence-electron chi connectivity index (χ0n) is 14.2. The van der Waals surface area contributed by atoms with Gasteiger partial charge in [-0.3, -0.25) is 5.10 Å². The Balaban J connectivity index is 1.79. The Morgan fingerprint density at radius 3 is 3.00 bits per heavy atom. The van der Waals surface area contributed by atoms with Crippen LogP contribution < -0.4 is 9.46 Å². The standard InChI is InChI=1S/C18H16ClFN4OS/c1-3-4-5-6-11-9-14(20)16(21-17(11)25-2)24-26-18-13-8-7-12(19)10-15(13)22-23-18/h7-10H,5-6H2,1-2H3,(H,21,24)(H,22,23). The van der Waals surface area contributed by atoms with Crippen LogP contribution in [0.5, 0.6) is 5.88 Å². The molecule has 2 heterocycles. The topological polar surface area (TPSA) is 62.8 Å². The molecule has 0 unspecified atom stereocenters. The number of aromatic nitrogens is 3. The van der Waals surface area contributed by atoms with Crippen molar-refractivity contribution in [1.29, 1.82) is 0 Å². The predicted octanol–water partition coefficient (Wildman–Crippen LogP) is 4.83. The third kappa shape index (κ3) is 4.03. The summed E-state index contributed by atoms with van der Waals surface area (Å²) in [4.78, 5) is 4.23. The van der Waals surface area contributed by atoms with Gasteiger partial charge in [-0.2, -0.15) is 10.1 Å². The first-order chi connectivity index (χ1) is 12.6. The van der Waals surface area contributed by atoms with Gasteiger partial charge in [-0.1, -0.05) is 11.6 Å². The van der Waals surface area contributed by atoms with E-state index in [4.69, 9.17) is 16.3 Å². The third-order valence-corrected chi connectivity index (χ3v) is 4.67. The summed E-state index contributed by atoms with van der Waals surface area (Å²) < 4.78 is 22.6. The zero-order valence-corrected chi connectivity index (χ0v) is 15.8. The molecule has 5 nitrogen and oxygen atoms in total. The van der Waals surface area contributed by atoms with Gasteiger partial charge in [0.1, 0.15) is 5.03 Å². The van der Waals surface area contributed by atoms with Crippen LogP contribution in [0, 0.1) is 17.7 Å². The Kier molecular flexibility index (Phi) is 5.86. The Bertz CT molecular complexity index is 996. The highest BCUT2D eigenvalue weighted by atomic mass is 35.5. The van der Waals surface area contributed by atoms with Crippen LogP contribution in [-0.2, 0) is 6.42 Å². The number of benzene rings is 1. The number of halogens is 2. The largest absolute Gasteiger partial charge is 0.481 e. The summed E-state index contributed by atoms with van der Waals surface area (Å²) in [6, 6.07) is 6.84. The van der Waals surface area contributed by atoms with E-state index < -0.39 is 5.82 Å². The second-order valence-electron chi connectivity index (χ2n) is 5.34. The molecule has 0 aliphatic carbocycles. The summed E-state index contributed by atoms with van der Waals surface area (Å²) in [5.74, 6) is 5.77. The molecule has 0 saturated carbocycles. The molecule has 2 N–H and O–H groups in total. The number of hydrogen-bond acceptors (Lipinski definition) is 5. The number of rotatable bonds is 6. The van der Waals surface area contributed by atoms with Crippen molar-refractivity contribution in [2.75, 3.05) is 11.8 Å². The van der Waals surface area contributed by atoms with E-state index in [9.17, 15) is 4.39 Å². The predicted molar refractivity (Wildman–Crippen MR) is 103 cm³/mol. The number of pyridine rings is 1. The van der Waals surface area contributed by atoms with Gasteiger partial charge in [0, 0.05) is 34.3 Å². The number of H-pyrrole nitrogens is 1. The van der Waals surface area contributed by atoms with E-state index in [2.05, 4.69) is 31.7 Å². The van der Waals surface area contributed by atoms with Gasteiger partial charge in [0.15, 0.2) is 11.6 Å². The molecule has 2 aromatic heterocycles. The van der Waals surface area contributed by atoms with Gasteiger partial charge < -0.3 is 9.46 Å². The Labute approximate surface area is 159 Å². The molecular formula is C18H16ClFN4OS. The molecule has 0 spiro atoms. The lowest BCUT2D eigenvalue weighted by atomic mass is 10.1. The second-order valence-corrected chi connectivity index (χ2v) is 6.57. The van der Waals surface area contributed by atoms with E-state index in [1.165, 1.54) is 13.2 Å². The summed E-state index contributed by atoms with van der Waals surface area (Å²) in [7, 11) is 1.51. The fourth-order valence-electron chi connectivity index (χ4n) is 2.40. The summed E-state index contributed by atoms with van der Waals surface area (Å²) in [6.07, 6.45) is 1.20. The Morgan fingerprint density at radius 1 is 1.38 bits per heavy atom. The van der Waals surface area contributed by atoms with E-state index in [1.807, 2.05) is 6.07 Å². The Hall–Kier alpha value is -2.43. The molecule has 0 radical (unpaired) electrons. The fourth-order valence-corrected chi connectivity index (χ4v) is 3.29. The quantitative estimate of drug-likeness (QED) is 0.466. The average Bonchev–Trinajstić information content (AvgIpc) is 3.03. The monoisotopic (exact) mass is 390 g/mol. The molecule has 3 rings (SSSR count). The van der Waals surface area contributed by atoms with Crippen LogP contribution >= 0.6 is 23.5 Å². The molecule has 26 heavy (non-hydrogen) atoms. The van der Waals surface area contributed by atoms with E-state index in [-0.39, 0.29) is 5.82 Å². The van der Waals surface area contributed by atoms with Crippen LogP contribution in [-0.4, -0.2) is 22.3 Å². The molecule has 0 fully saturated rings. The average molecular weight is 391 g/mol. The fraction of sp³-hybridized carbons (Fsp3) is 0.222. The highest BCUT2D eigenvalue weighted by Crippen LogP contribution is 2.30. The lowest BCUT2D eigenvalue weighted by Gasteiger charge is -2.10. The molecule has 0 aliphatic rings. The first kappa shape index (κ1) is 18.4. The minimum Gasteiger partial charge on any atom is -0.481 e. The summed E-state index contributed by atoms with van der Waals surface area (Å²) in [6.45, 7) is 1.77. The van der Waals surface area contributed by atoms with Gasteiger partial charge in [-0.05, 0) is 37.6 Å². The Morgan fingerprint density at radius 2 is 2.23 bits per heavy atom. The number of nitrogens with zero attached hydrogens (tertiary/aromatic N) is 2. The van der Waals surface area contributed by atoms with Crippen LogP contribution in [0.4, 0.5) is 10.2 Å². The molecule has 1 aromatic carbocycles. The normalized spacial score (nSPS) is 10.5. The van der Waals surface area contributed by atoms with Crippen molar-refractivity contribution in [2.45, 2.75) is 24.8 Å². The van der Waals surface area contributed by atoms with Crippen LogP contribution in [0.2, 0.25) is 5.02 Å². The number of hydrogen-bond donors (Lipinski definition) is 2. The maximum Gasteiger partial charge on any atom is 0.218 e. The van der Waals surface area contributed by atoms with Crippen molar-refractivity contribution in [3.05, 3.63) is 40.7 Å². The van der Waals surface area contributed by atoms with Gasteiger partial charge in [0.2, 0.25) is 5.88 Å². The van der Waals surface area contributed by atoms with Crippen molar-refractivity contribution in [1.82, 2.24) is 15.2 Å². The van der Waals surface area contributed by atoms with Crippen LogP contribution in [0.1, 0.15) is 18.9 Å². The number of fused-ring (bicyclic) bond motifs is 1. The van der Waals surface area contributed by atoms with Crippen LogP contribution in [0.3, 0.4) is 0 Å². The van der Waals surface area contributed by atoms with Gasteiger partial charge in [0.25, 0.3) is 0 Å². The van der Waals surface area contributed by atoms with E-state index in [0.717, 1.165) is 22.9 Å². The zero-order chi connectivity index (χ0) is 18.5. The van der Waals surface area contributed by atoms with Gasteiger partial charge in [-0.25, -0.2) is 4.39 Å². The number of anilines is 1. The maximum absolute atomic E-state index is 14.4. The number of aryl methyl sites for hydroxylation is 1. The molecule has 0 atom stereocenters. The van der Waals surface area contributed by atoms with Crippen molar-refractivity contribution in [3.8, 4) is 17.7 Å². The van der Waals surface area contributed by atoms with Crippen molar-refractivity contribution >= 4 is 40.3 Å². The molecular weight excluding hydrogens is 375 g/mol. The van der Waals surface area contributed by atoms with Crippen LogP contribution in [0.15, 0.2) is 29.3 Å². The first-order valence-corrected chi connectivity index (χ1v) is 9.01. The summed E-state index contributed by atoms with van der Waals surface area (Å²) in [5, 5.41) is 9.27. The van der Waals surface area contributed by atoms with E-state index in [0.29, 0.717) is 34.3 Å². The van der Waals surface area contributed by atoms with Crippen molar-refractivity contribution in [3.63, 3.8) is 0 Å². The molecule has 3 aromatic rings. The molecule has 0 aliphatic heterocycles. The van der Waals surface area contributed by atoms with Gasteiger partial charge in [-0.15, -0.1) is 11.8 Å². The van der Waals surface area contributed by atoms with Crippen molar-refractivity contribution < 1.29 is 9.13 Å². The third-order valence-electron chi connectivity index (χ3n) is 3.64. The number of nitrogens with one attached hydrogen (secondary N) is 2. The second kappa shape index (κ2) is 8.30. The van der Waals surface area contributed by atoms with Crippen molar-refractivity contribution in [2.24, 2.45) is 0 Å². The number of aromatic amines is 1. The minimum absolute atomic E-state index is 0.0855. The minimum atomic E-state index is -0.458. The molecule has 0 saturated heterocycles. The molecule has 8 heteroatoms. The highest BCUT2D eigenvalue weighted by Gasteiger charge is 2.14. The first-order valence-electron chi connectivity index (χ1n) is 7.82. The number of ether oxygens (including phenoxy) is 1. The van der Waals surface area contributed by atoms with E-state index >= 15 is 0 Å². The molecule has 0 amide bonds. The van der Waals surface area contributed by atoms with Crippen LogP contribution in [0.25, 0.3) is 10.9 Å². The molecule has 0 bridgehead atoms. The smallest absolute Gasteiger partial charge is 0.218 e. The van der Waals surface area contributed by atoms with E-state index in [1.54, 1.807) is 19.1 Å². The maximum atomic E-state index is 14.4. The van der Waals surface area contributed by atoms with Gasteiger partial charge >= 0.3 is 0 Å². The SMILES string of the molecule is CC#CCCc1cc(F)c(NSc2n[nH]c3cc(Cl)ccc23)nc1OC. The summed E-state index contributed by atoms with van der Waals surface area (Å²) in [5.41, 5.74) is 1.49. The molecule has 134 valence electrons. The van der Waals surface area contributed by atoms with Gasteiger partial charge in [0.05, 0.1) is 12.6 Å². The lowest BCUT2D eigenvalue weighted by molar-refractivity contribution is 0.391. The highest BCUT2D eigenvalue weighted by molar-refractivity contribution is 8.00. The summed E-state index contributed by atoms with van der Waals surface area (Å²) >= 11 is 7.12. The number of methoxy groups -OCH3 is 1. The lowest BCUT2D eigenvalue weighted by Crippen LogP contribution is -2.02.